The van der Waals surface area contributed by atoms with Crippen LogP contribution in [0.15, 0.2) is 48.6 Å². The Kier molecular flexibility index (Phi) is 6.70. The molecule has 5 atom stereocenters. The molecule has 0 saturated carbocycles. The van der Waals surface area contributed by atoms with Crippen molar-refractivity contribution < 1.29 is 29.0 Å². The lowest BCUT2D eigenvalue weighted by molar-refractivity contribution is -0.154. The van der Waals surface area contributed by atoms with Crippen LogP contribution in [0.2, 0.25) is 5.02 Å². The molecule has 4 aliphatic heterocycles. The molecule has 4 aliphatic rings. The smallest absolute Gasteiger partial charge is 0.312 e. The third-order valence-electron chi connectivity index (χ3n) is 7.30. The van der Waals surface area contributed by atoms with Crippen LogP contribution in [0.4, 0.5) is 5.69 Å². The van der Waals surface area contributed by atoms with Crippen LogP contribution >= 0.6 is 11.6 Å². The summed E-state index contributed by atoms with van der Waals surface area (Å²) in [6, 6.07) is 6.05. The van der Waals surface area contributed by atoms with Crippen molar-refractivity contribution in [1.82, 2.24) is 4.90 Å². The Morgan fingerprint density at radius 1 is 1.11 bits per heavy atom. The van der Waals surface area contributed by atoms with Gasteiger partial charge >= 0.3 is 5.97 Å². The van der Waals surface area contributed by atoms with Gasteiger partial charge in [0.05, 0.1) is 29.3 Å². The van der Waals surface area contributed by atoms with Crippen molar-refractivity contribution in [3.05, 3.63) is 53.6 Å². The van der Waals surface area contributed by atoms with Gasteiger partial charge in [-0.3, -0.25) is 14.4 Å². The highest BCUT2D eigenvalue weighted by Gasteiger charge is 2.71. The predicted molar refractivity (Wildman–Crippen MR) is 129 cm³/mol. The number of rotatable bonds is 4. The number of benzene rings is 1. The molecule has 9 heteroatoms. The topological polar surface area (TPSA) is 96.4 Å². The Morgan fingerprint density at radius 3 is 2.74 bits per heavy atom. The van der Waals surface area contributed by atoms with Crippen LogP contribution in [-0.4, -0.2) is 71.8 Å². The molecular formula is C26H29ClN2O6. The van der Waals surface area contributed by atoms with Crippen molar-refractivity contribution in [3.63, 3.8) is 0 Å². The number of hydrogen-bond donors (Lipinski definition) is 1. The number of hydrogen-bond acceptors (Lipinski definition) is 6. The van der Waals surface area contributed by atoms with Gasteiger partial charge in [0, 0.05) is 19.7 Å². The van der Waals surface area contributed by atoms with E-state index in [0.717, 1.165) is 19.3 Å². The summed E-state index contributed by atoms with van der Waals surface area (Å²) in [5.41, 5.74) is -0.790. The van der Waals surface area contributed by atoms with Crippen molar-refractivity contribution in [2.75, 3.05) is 31.2 Å². The van der Waals surface area contributed by atoms with Crippen molar-refractivity contribution in [3.8, 4) is 0 Å². The van der Waals surface area contributed by atoms with Gasteiger partial charge in [0.25, 0.3) is 5.91 Å². The maximum atomic E-state index is 14.1. The zero-order chi connectivity index (χ0) is 24.6. The van der Waals surface area contributed by atoms with E-state index in [0.29, 0.717) is 17.1 Å². The number of para-hydroxylation sites is 1. The Morgan fingerprint density at radius 2 is 1.94 bits per heavy atom. The van der Waals surface area contributed by atoms with Gasteiger partial charge in [0.15, 0.2) is 0 Å². The van der Waals surface area contributed by atoms with Crippen molar-refractivity contribution in [2.24, 2.45) is 11.8 Å². The average molecular weight is 501 g/mol. The molecule has 0 aromatic heterocycles. The molecule has 5 rings (SSSR count). The fourth-order valence-corrected chi connectivity index (χ4v) is 6.02. The normalized spacial score (nSPS) is 33.6. The van der Waals surface area contributed by atoms with E-state index in [-0.39, 0.29) is 38.1 Å². The number of carbonyl (C=O) groups excluding carboxylic acids is 3. The van der Waals surface area contributed by atoms with Gasteiger partial charge in [-0.25, -0.2) is 0 Å². The lowest BCUT2D eigenvalue weighted by atomic mass is 9.78. The Bertz CT molecular complexity index is 1070. The maximum absolute atomic E-state index is 14.1. The van der Waals surface area contributed by atoms with Gasteiger partial charge in [0.1, 0.15) is 17.6 Å². The first-order chi connectivity index (χ1) is 17.0. The Labute approximate surface area is 209 Å². The van der Waals surface area contributed by atoms with E-state index in [9.17, 15) is 19.5 Å². The monoisotopic (exact) mass is 500 g/mol. The van der Waals surface area contributed by atoms with Gasteiger partial charge in [-0.05, 0) is 37.8 Å². The minimum atomic E-state index is -1.33. The summed E-state index contributed by atoms with van der Waals surface area (Å²) in [5.74, 6) is -2.91. The maximum Gasteiger partial charge on any atom is 0.312 e. The quantitative estimate of drug-likeness (QED) is 0.504. The van der Waals surface area contributed by atoms with Crippen molar-refractivity contribution >= 4 is 35.1 Å². The number of carbonyl (C=O) groups is 3. The molecule has 1 aromatic carbocycles. The number of cyclic esters (lactones) is 1. The summed E-state index contributed by atoms with van der Waals surface area (Å²) in [4.78, 5) is 44.2. The molecule has 1 aromatic rings. The van der Waals surface area contributed by atoms with Crippen LogP contribution in [0.1, 0.15) is 25.7 Å². The van der Waals surface area contributed by atoms with Crippen LogP contribution < -0.4 is 4.90 Å². The third-order valence-corrected chi connectivity index (χ3v) is 7.62. The molecule has 186 valence electrons. The number of ether oxygens (including phenoxy) is 2. The van der Waals surface area contributed by atoms with Gasteiger partial charge in [0.2, 0.25) is 5.91 Å². The first-order valence-corrected chi connectivity index (χ1v) is 12.5. The predicted octanol–water partition coefficient (Wildman–Crippen LogP) is 2.49. The molecule has 8 nitrogen and oxygen atoms in total. The second-order valence-electron chi connectivity index (χ2n) is 9.34. The second kappa shape index (κ2) is 9.76. The number of aliphatic hydroxyl groups excluding tert-OH is 1. The molecule has 0 aliphatic carbocycles. The third kappa shape index (κ3) is 3.97. The average Bonchev–Trinajstić information content (AvgIpc) is 3.23. The SMILES string of the molecule is O=C1OCCCC/C=C\[C@H]2O[C@]34C=CCN(c5ccccc5Cl)C(=O)C3N(CCCO)C(=O)[C@@H]4[C@@H]12. The number of halogens is 1. The molecule has 4 heterocycles. The van der Waals surface area contributed by atoms with Gasteiger partial charge in [-0.2, -0.15) is 0 Å². The minimum Gasteiger partial charge on any atom is -0.465 e. The van der Waals surface area contributed by atoms with Crippen molar-refractivity contribution in [1.29, 1.82) is 0 Å². The number of aliphatic hydroxyl groups is 1. The highest BCUT2D eigenvalue weighted by atomic mass is 35.5. The summed E-state index contributed by atoms with van der Waals surface area (Å²) >= 11 is 6.43. The first kappa shape index (κ1) is 24.0. The fraction of sp³-hybridized carbons (Fsp3) is 0.500. The molecule has 0 radical (unpaired) electrons. The fourth-order valence-electron chi connectivity index (χ4n) is 5.78. The molecule has 1 spiro atoms. The van der Waals surface area contributed by atoms with Crippen LogP contribution in [0.3, 0.4) is 0 Å². The van der Waals surface area contributed by atoms with E-state index in [1.807, 2.05) is 18.2 Å². The van der Waals surface area contributed by atoms with E-state index >= 15 is 0 Å². The molecule has 35 heavy (non-hydrogen) atoms. The Balaban J connectivity index is 1.61. The second-order valence-corrected chi connectivity index (χ2v) is 9.75. The summed E-state index contributed by atoms with van der Waals surface area (Å²) in [6.45, 7) is 0.564. The first-order valence-electron chi connectivity index (χ1n) is 12.2. The number of allylic oxidation sites excluding steroid dienone is 1. The van der Waals surface area contributed by atoms with Gasteiger partial charge in [-0.1, -0.05) is 48.0 Å². The molecular weight excluding hydrogens is 472 g/mol. The van der Waals surface area contributed by atoms with Crippen LogP contribution in [0, 0.1) is 11.8 Å². The Hall–Kier alpha value is -2.68. The summed E-state index contributed by atoms with van der Waals surface area (Å²) in [7, 11) is 0. The molecule has 2 saturated heterocycles. The standard InChI is InChI=1S/C26H29ClN2O6/c27-17-9-4-5-10-18(17)28-13-7-12-26-21(23(31)29(14-8-15-30)22(26)24(28)32)20-19(35-26)11-3-1-2-6-16-34-25(20)33/h3-5,7,9-12,19-22,30H,1-2,6,8,13-16H2/b11-3-/t19-,20+,21+,22?,26+/m1/s1. The van der Waals surface area contributed by atoms with E-state index in [1.54, 1.807) is 35.2 Å². The number of likely N-dealkylation sites (tertiary alicyclic amines) is 1. The highest BCUT2D eigenvalue weighted by molar-refractivity contribution is 6.34. The van der Waals surface area contributed by atoms with E-state index in [2.05, 4.69) is 0 Å². The number of nitrogens with zero attached hydrogens (tertiary/aromatic N) is 2. The number of fused-ring (bicyclic) bond motifs is 2. The minimum absolute atomic E-state index is 0.135. The summed E-state index contributed by atoms with van der Waals surface area (Å²) in [6.07, 6.45) is 9.47. The van der Waals surface area contributed by atoms with E-state index in [1.165, 1.54) is 4.90 Å². The van der Waals surface area contributed by atoms with Gasteiger partial charge in [-0.15, -0.1) is 0 Å². The lowest BCUT2D eigenvalue weighted by Crippen LogP contribution is -2.55. The molecule has 2 amide bonds. The largest absolute Gasteiger partial charge is 0.465 e. The van der Waals surface area contributed by atoms with Crippen LogP contribution in [-0.2, 0) is 23.9 Å². The highest BCUT2D eigenvalue weighted by Crippen LogP contribution is 2.53. The van der Waals surface area contributed by atoms with E-state index in [4.69, 9.17) is 21.1 Å². The van der Waals surface area contributed by atoms with E-state index < -0.39 is 35.6 Å². The zero-order valence-corrected chi connectivity index (χ0v) is 20.1. The number of anilines is 1. The summed E-state index contributed by atoms with van der Waals surface area (Å²) in [5, 5.41) is 9.89. The lowest BCUT2D eigenvalue weighted by Gasteiger charge is -2.35. The number of esters is 1. The van der Waals surface area contributed by atoms with Gasteiger partial charge < -0.3 is 24.4 Å². The molecule has 0 bridgehead atoms. The molecule has 1 N–H and O–H groups in total. The number of amides is 2. The zero-order valence-electron chi connectivity index (χ0n) is 19.3. The van der Waals surface area contributed by atoms with Crippen molar-refractivity contribution in [2.45, 2.75) is 43.4 Å². The summed E-state index contributed by atoms with van der Waals surface area (Å²) < 4.78 is 12.1. The molecule has 2 fully saturated rings. The molecule has 1 unspecified atom stereocenters. The van der Waals surface area contributed by atoms with Crippen LogP contribution in [0.25, 0.3) is 0 Å². The van der Waals surface area contributed by atoms with Crippen LogP contribution in [0.5, 0.6) is 0 Å².